The molecule has 1 aromatic carbocycles. The highest BCUT2D eigenvalue weighted by Crippen LogP contribution is 2.35. The van der Waals surface area contributed by atoms with Crippen LogP contribution in [-0.4, -0.2) is 42.6 Å². The van der Waals surface area contributed by atoms with Crippen LogP contribution in [0.25, 0.3) is 0 Å². The molecule has 1 aliphatic heterocycles. The second kappa shape index (κ2) is 7.16. The van der Waals surface area contributed by atoms with Gasteiger partial charge in [-0.15, -0.1) is 0 Å². The molecule has 1 aromatic rings. The van der Waals surface area contributed by atoms with Gasteiger partial charge in [0.2, 0.25) is 5.91 Å². The highest BCUT2D eigenvalue weighted by Gasteiger charge is 2.38. The average Bonchev–Trinajstić information content (AvgIpc) is 2.97. The van der Waals surface area contributed by atoms with E-state index in [-0.39, 0.29) is 16.5 Å². The van der Waals surface area contributed by atoms with Crippen molar-refractivity contribution in [1.29, 1.82) is 0 Å². The smallest absolute Gasteiger partial charge is 0.225 e. The fourth-order valence-electron chi connectivity index (χ4n) is 3.49. The van der Waals surface area contributed by atoms with E-state index < -0.39 is 5.82 Å². The molecule has 1 saturated carbocycles. The maximum Gasteiger partial charge on any atom is 0.225 e. The van der Waals surface area contributed by atoms with Crippen LogP contribution in [0.2, 0.25) is 5.02 Å². The molecule has 1 amide bonds. The summed E-state index contributed by atoms with van der Waals surface area (Å²) in [6.45, 7) is 3.25. The monoisotopic (exact) mass is 340 g/mol. The van der Waals surface area contributed by atoms with E-state index in [0.29, 0.717) is 18.7 Å². The summed E-state index contributed by atoms with van der Waals surface area (Å²) in [7, 11) is 0. The Labute approximate surface area is 140 Å². The van der Waals surface area contributed by atoms with E-state index in [0.717, 1.165) is 32.5 Å². The summed E-state index contributed by atoms with van der Waals surface area (Å²) in [6, 6.07) is 4.20. The van der Waals surface area contributed by atoms with Gasteiger partial charge >= 0.3 is 0 Å². The standard InChI is InChI=1S/C17H22ClFN2O2/c18-14-11-13(3-4-15(14)19)20-16(22)5-8-21-9-10-23-17(12-21)6-1-2-7-17/h3-4,11H,1-2,5-10,12H2,(H,20,22). The Hall–Kier alpha value is -1.17. The number of anilines is 1. The molecule has 1 aliphatic carbocycles. The van der Waals surface area contributed by atoms with Crippen molar-refractivity contribution in [2.24, 2.45) is 0 Å². The second-order valence-corrected chi connectivity index (χ2v) is 6.85. The highest BCUT2D eigenvalue weighted by atomic mass is 35.5. The number of benzene rings is 1. The van der Waals surface area contributed by atoms with Crippen molar-refractivity contribution in [2.75, 3.05) is 31.6 Å². The Bertz CT molecular complexity index is 576. The number of amides is 1. The summed E-state index contributed by atoms with van der Waals surface area (Å²) >= 11 is 5.72. The molecule has 1 heterocycles. The molecule has 0 radical (unpaired) electrons. The normalized spacial score (nSPS) is 20.8. The summed E-state index contributed by atoms with van der Waals surface area (Å²) in [5.74, 6) is -0.570. The van der Waals surface area contributed by atoms with Gasteiger partial charge in [-0.1, -0.05) is 24.4 Å². The molecular weight excluding hydrogens is 319 g/mol. The van der Waals surface area contributed by atoms with Gasteiger partial charge in [0.15, 0.2) is 0 Å². The molecule has 0 bridgehead atoms. The number of morpholine rings is 1. The first-order chi connectivity index (χ1) is 11.1. The average molecular weight is 341 g/mol. The number of ether oxygens (including phenoxy) is 1. The van der Waals surface area contributed by atoms with Crippen LogP contribution in [0.4, 0.5) is 10.1 Å². The number of nitrogens with zero attached hydrogens (tertiary/aromatic N) is 1. The van der Waals surface area contributed by atoms with Gasteiger partial charge in [0.05, 0.1) is 17.2 Å². The molecule has 2 fully saturated rings. The van der Waals surface area contributed by atoms with Crippen molar-refractivity contribution in [3.8, 4) is 0 Å². The first-order valence-electron chi connectivity index (χ1n) is 8.18. The van der Waals surface area contributed by atoms with E-state index in [2.05, 4.69) is 10.2 Å². The first-order valence-corrected chi connectivity index (χ1v) is 8.55. The number of hydrogen-bond acceptors (Lipinski definition) is 3. The maximum absolute atomic E-state index is 13.1. The van der Waals surface area contributed by atoms with Crippen molar-refractivity contribution in [3.63, 3.8) is 0 Å². The molecule has 6 heteroatoms. The van der Waals surface area contributed by atoms with Gasteiger partial charge in [-0.05, 0) is 31.0 Å². The summed E-state index contributed by atoms with van der Waals surface area (Å²) in [5.41, 5.74) is 0.551. The van der Waals surface area contributed by atoms with Crippen LogP contribution in [0.5, 0.6) is 0 Å². The van der Waals surface area contributed by atoms with Gasteiger partial charge in [-0.3, -0.25) is 9.69 Å². The summed E-state index contributed by atoms with van der Waals surface area (Å²) in [5, 5.41) is 2.78. The zero-order valence-electron chi connectivity index (χ0n) is 13.1. The second-order valence-electron chi connectivity index (χ2n) is 6.44. The molecule has 1 spiro atoms. The molecule has 4 nitrogen and oxygen atoms in total. The molecule has 23 heavy (non-hydrogen) atoms. The molecule has 0 atom stereocenters. The van der Waals surface area contributed by atoms with Crippen LogP contribution >= 0.6 is 11.6 Å². The Balaban J connectivity index is 1.47. The molecule has 1 saturated heterocycles. The van der Waals surface area contributed by atoms with E-state index in [4.69, 9.17) is 16.3 Å². The third-order valence-electron chi connectivity index (χ3n) is 4.70. The third kappa shape index (κ3) is 4.22. The number of carbonyl (C=O) groups excluding carboxylic acids is 1. The lowest BCUT2D eigenvalue weighted by molar-refractivity contribution is -0.120. The van der Waals surface area contributed by atoms with E-state index in [1.165, 1.54) is 31.0 Å². The largest absolute Gasteiger partial charge is 0.372 e. The summed E-state index contributed by atoms with van der Waals surface area (Å²) < 4.78 is 19.1. The van der Waals surface area contributed by atoms with Gasteiger partial charge < -0.3 is 10.1 Å². The van der Waals surface area contributed by atoms with Crippen LogP contribution in [0, 0.1) is 5.82 Å². The number of rotatable bonds is 4. The first kappa shape index (κ1) is 16.7. The minimum Gasteiger partial charge on any atom is -0.372 e. The van der Waals surface area contributed by atoms with Crippen molar-refractivity contribution in [1.82, 2.24) is 4.90 Å². The van der Waals surface area contributed by atoms with Gasteiger partial charge in [0.25, 0.3) is 0 Å². The molecule has 126 valence electrons. The molecular formula is C17H22ClFN2O2. The summed E-state index contributed by atoms with van der Waals surface area (Å²) in [6.07, 6.45) is 5.14. The van der Waals surface area contributed by atoms with Crippen molar-refractivity contribution >= 4 is 23.2 Å². The number of carbonyl (C=O) groups is 1. The minimum absolute atomic E-state index is 0.0131. The predicted octanol–water partition coefficient (Wildman–Crippen LogP) is 3.45. The fourth-order valence-corrected chi connectivity index (χ4v) is 3.67. The zero-order chi connectivity index (χ0) is 16.3. The van der Waals surface area contributed by atoms with E-state index >= 15 is 0 Å². The topological polar surface area (TPSA) is 41.6 Å². The number of nitrogens with one attached hydrogen (secondary N) is 1. The quantitative estimate of drug-likeness (QED) is 0.912. The Morgan fingerprint density at radius 1 is 1.39 bits per heavy atom. The number of hydrogen-bond donors (Lipinski definition) is 1. The Kier molecular flexibility index (Phi) is 5.19. The molecule has 0 unspecified atom stereocenters. The Morgan fingerprint density at radius 2 is 2.17 bits per heavy atom. The lowest BCUT2D eigenvalue weighted by atomic mass is 9.99. The van der Waals surface area contributed by atoms with Gasteiger partial charge in [-0.25, -0.2) is 4.39 Å². The molecule has 0 aromatic heterocycles. The van der Waals surface area contributed by atoms with Crippen LogP contribution in [0.15, 0.2) is 18.2 Å². The van der Waals surface area contributed by atoms with Gasteiger partial charge in [0, 0.05) is 31.7 Å². The lowest BCUT2D eigenvalue weighted by Gasteiger charge is -2.40. The highest BCUT2D eigenvalue weighted by molar-refractivity contribution is 6.31. The Morgan fingerprint density at radius 3 is 2.91 bits per heavy atom. The van der Waals surface area contributed by atoms with E-state index in [1.54, 1.807) is 0 Å². The SMILES string of the molecule is O=C(CCN1CCOC2(CCCC2)C1)Nc1ccc(F)c(Cl)c1. The zero-order valence-corrected chi connectivity index (χ0v) is 13.9. The summed E-state index contributed by atoms with van der Waals surface area (Å²) in [4.78, 5) is 14.4. The fraction of sp³-hybridized carbons (Fsp3) is 0.588. The third-order valence-corrected chi connectivity index (χ3v) is 4.99. The van der Waals surface area contributed by atoms with Crippen LogP contribution in [0.3, 0.4) is 0 Å². The van der Waals surface area contributed by atoms with E-state index in [1.807, 2.05) is 0 Å². The van der Waals surface area contributed by atoms with Crippen LogP contribution < -0.4 is 5.32 Å². The van der Waals surface area contributed by atoms with Crippen molar-refractivity contribution in [3.05, 3.63) is 29.0 Å². The molecule has 3 rings (SSSR count). The van der Waals surface area contributed by atoms with Gasteiger partial charge in [-0.2, -0.15) is 0 Å². The minimum atomic E-state index is -0.486. The molecule has 2 aliphatic rings. The van der Waals surface area contributed by atoms with Crippen LogP contribution in [-0.2, 0) is 9.53 Å². The van der Waals surface area contributed by atoms with Crippen LogP contribution in [0.1, 0.15) is 32.1 Å². The number of halogens is 2. The molecule has 1 N–H and O–H groups in total. The van der Waals surface area contributed by atoms with Crippen molar-refractivity contribution in [2.45, 2.75) is 37.7 Å². The lowest BCUT2D eigenvalue weighted by Crippen LogP contribution is -2.50. The van der Waals surface area contributed by atoms with Crippen molar-refractivity contribution < 1.29 is 13.9 Å². The van der Waals surface area contributed by atoms with E-state index in [9.17, 15) is 9.18 Å². The predicted molar refractivity (Wildman–Crippen MR) is 88.2 cm³/mol. The van der Waals surface area contributed by atoms with Gasteiger partial charge in [0.1, 0.15) is 5.82 Å². The maximum atomic E-state index is 13.1.